The Balaban J connectivity index is 1.67. The average Bonchev–Trinajstić information content (AvgIpc) is 3.59. The predicted molar refractivity (Wildman–Crippen MR) is 183 cm³/mol. The molecule has 0 fully saturated rings. The highest BCUT2D eigenvalue weighted by Crippen LogP contribution is 2.30. The molecule has 47 heavy (non-hydrogen) atoms. The third-order valence-electron chi connectivity index (χ3n) is 8.23. The molecule has 1 aliphatic rings. The van der Waals surface area contributed by atoms with Gasteiger partial charge >= 0.3 is 0 Å². The third-order valence-corrected chi connectivity index (χ3v) is 12.8. The van der Waals surface area contributed by atoms with E-state index < -0.39 is 38.1 Å². The first-order valence-electron chi connectivity index (χ1n) is 15.7. The fourth-order valence-electron chi connectivity index (χ4n) is 5.31. The number of rotatable bonds is 9. The van der Waals surface area contributed by atoms with Gasteiger partial charge in [0.05, 0.1) is 35.3 Å². The molecule has 0 saturated carbocycles. The molecule has 11 nitrogen and oxygen atoms in total. The Morgan fingerprint density at radius 1 is 1.09 bits per heavy atom. The standard InChI is InChI=1S/C33H45N3O8S3/c1-23-11-14-28(15-12-23)47(41,42)35(5)21-31-24(2)20-36(25(3)22-37)33(38)29-19-27(34-46(39,40)32-10-8-18-45-32)13-16-30(29)44-26(4)9-6-7-17-43-31/h8,10-16,18-19,24-26,31,34,37H,6-7,9,17,20-22H2,1-5H3/t24-,25-,26-,31-/m1/s1. The quantitative estimate of drug-likeness (QED) is 0.318. The van der Waals surface area contributed by atoms with Gasteiger partial charge in [-0.05, 0) is 81.8 Å². The summed E-state index contributed by atoms with van der Waals surface area (Å²) in [5.74, 6) is -0.511. The van der Waals surface area contributed by atoms with Crippen LogP contribution in [0.4, 0.5) is 5.69 Å². The lowest BCUT2D eigenvalue weighted by molar-refractivity contribution is -0.00833. The summed E-state index contributed by atoms with van der Waals surface area (Å²) in [7, 11) is -6.17. The molecule has 0 bridgehead atoms. The maximum atomic E-state index is 14.3. The summed E-state index contributed by atoms with van der Waals surface area (Å²) < 4.78 is 69.4. The minimum atomic E-state index is -3.88. The number of ether oxygens (including phenoxy) is 2. The van der Waals surface area contributed by atoms with Crippen LogP contribution < -0.4 is 9.46 Å². The molecule has 1 aromatic heterocycles. The second-order valence-electron chi connectivity index (χ2n) is 12.1. The highest BCUT2D eigenvalue weighted by Gasteiger charge is 2.32. The van der Waals surface area contributed by atoms with Crippen molar-refractivity contribution < 1.29 is 36.2 Å². The molecule has 2 heterocycles. The van der Waals surface area contributed by atoms with Crippen LogP contribution in [0.1, 0.15) is 56.0 Å². The Labute approximate surface area is 282 Å². The van der Waals surface area contributed by atoms with E-state index >= 15 is 0 Å². The number of hydrogen-bond donors (Lipinski definition) is 2. The van der Waals surface area contributed by atoms with Crippen molar-refractivity contribution in [3.63, 3.8) is 0 Å². The minimum Gasteiger partial charge on any atom is -0.490 e. The largest absolute Gasteiger partial charge is 0.490 e. The van der Waals surface area contributed by atoms with Crippen LogP contribution in [-0.4, -0.2) is 88.7 Å². The van der Waals surface area contributed by atoms with E-state index in [4.69, 9.17) is 9.47 Å². The van der Waals surface area contributed by atoms with Crippen molar-refractivity contribution in [3.05, 3.63) is 71.1 Å². The lowest BCUT2D eigenvalue weighted by atomic mass is 10.0. The van der Waals surface area contributed by atoms with Crippen LogP contribution in [-0.2, 0) is 24.8 Å². The fraction of sp³-hybridized carbons (Fsp3) is 0.485. The summed E-state index contributed by atoms with van der Waals surface area (Å²) in [5, 5.41) is 11.9. The number of hydrogen-bond acceptors (Lipinski definition) is 9. The number of nitrogens with one attached hydrogen (secondary N) is 1. The van der Waals surface area contributed by atoms with Crippen molar-refractivity contribution in [1.82, 2.24) is 9.21 Å². The van der Waals surface area contributed by atoms with E-state index in [1.807, 2.05) is 20.8 Å². The zero-order chi connectivity index (χ0) is 34.4. The maximum Gasteiger partial charge on any atom is 0.271 e. The number of carbonyl (C=O) groups is 1. The van der Waals surface area contributed by atoms with Crippen LogP contribution in [0.3, 0.4) is 0 Å². The number of aliphatic hydroxyl groups excluding tert-OH is 1. The molecule has 0 spiro atoms. The van der Waals surface area contributed by atoms with E-state index in [1.165, 1.54) is 28.4 Å². The van der Waals surface area contributed by atoms with Crippen molar-refractivity contribution in [2.24, 2.45) is 5.92 Å². The number of aryl methyl sites for hydroxylation is 1. The Bertz CT molecular complexity index is 1700. The molecular formula is C33H45N3O8S3. The Kier molecular flexibility index (Phi) is 12.5. The third kappa shape index (κ3) is 9.33. The van der Waals surface area contributed by atoms with Gasteiger partial charge < -0.3 is 19.5 Å². The number of aliphatic hydroxyl groups is 1. The number of likely N-dealkylation sites (N-methyl/N-ethyl adjacent to an activating group) is 1. The number of thiophene rings is 1. The van der Waals surface area contributed by atoms with Gasteiger partial charge in [-0.25, -0.2) is 16.8 Å². The molecule has 258 valence electrons. The highest BCUT2D eigenvalue weighted by atomic mass is 32.2. The number of sulfonamides is 2. The molecule has 0 radical (unpaired) electrons. The summed E-state index contributed by atoms with van der Waals surface area (Å²) in [6.45, 7) is 7.64. The summed E-state index contributed by atoms with van der Waals surface area (Å²) in [4.78, 5) is 16.0. The van der Waals surface area contributed by atoms with Gasteiger partial charge in [-0.1, -0.05) is 30.7 Å². The predicted octanol–water partition coefficient (Wildman–Crippen LogP) is 4.97. The van der Waals surface area contributed by atoms with Gasteiger partial charge in [0.15, 0.2) is 0 Å². The summed E-state index contributed by atoms with van der Waals surface area (Å²) in [6, 6.07) is 13.8. The van der Waals surface area contributed by atoms with Crippen molar-refractivity contribution in [2.45, 2.75) is 74.3 Å². The number of fused-ring (bicyclic) bond motifs is 1. The normalized spacial score (nSPS) is 21.0. The number of amides is 1. The summed E-state index contributed by atoms with van der Waals surface area (Å²) in [5.41, 5.74) is 1.28. The van der Waals surface area contributed by atoms with Crippen LogP contribution >= 0.6 is 11.3 Å². The molecule has 0 saturated heterocycles. The van der Waals surface area contributed by atoms with E-state index in [1.54, 1.807) is 54.8 Å². The van der Waals surface area contributed by atoms with Gasteiger partial charge in [0.1, 0.15) is 9.96 Å². The van der Waals surface area contributed by atoms with E-state index in [0.29, 0.717) is 18.8 Å². The molecular weight excluding hydrogens is 663 g/mol. The number of nitrogens with zero attached hydrogens (tertiary/aromatic N) is 2. The fourth-order valence-corrected chi connectivity index (χ4v) is 8.54. The van der Waals surface area contributed by atoms with Crippen LogP contribution in [0.15, 0.2) is 69.1 Å². The van der Waals surface area contributed by atoms with Gasteiger partial charge in [0, 0.05) is 38.3 Å². The molecule has 1 aliphatic heterocycles. The molecule has 4 atom stereocenters. The molecule has 14 heteroatoms. The molecule has 4 rings (SSSR count). The first kappa shape index (κ1) is 36.8. The zero-order valence-corrected chi connectivity index (χ0v) is 29.9. The Morgan fingerprint density at radius 3 is 2.47 bits per heavy atom. The Morgan fingerprint density at radius 2 is 1.81 bits per heavy atom. The van der Waals surface area contributed by atoms with Gasteiger partial charge in [0.2, 0.25) is 10.0 Å². The van der Waals surface area contributed by atoms with Crippen molar-refractivity contribution >= 4 is 43.0 Å². The lowest BCUT2D eigenvalue weighted by Crippen LogP contribution is -2.48. The first-order chi connectivity index (χ1) is 22.2. The number of anilines is 1. The van der Waals surface area contributed by atoms with E-state index in [0.717, 1.165) is 29.7 Å². The van der Waals surface area contributed by atoms with Crippen molar-refractivity contribution in [3.8, 4) is 5.75 Å². The second kappa shape index (κ2) is 15.9. The summed E-state index contributed by atoms with van der Waals surface area (Å²) in [6.07, 6.45) is 1.33. The van der Waals surface area contributed by atoms with Crippen LogP contribution in [0, 0.1) is 12.8 Å². The second-order valence-corrected chi connectivity index (χ2v) is 17.0. The molecule has 3 aromatic rings. The molecule has 1 amide bonds. The van der Waals surface area contributed by atoms with Gasteiger partial charge in [-0.2, -0.15) is 4.31 Å². The van der Waals surface area contributed by atoms with Crippen LogP contribution in [0.2, 0.25) is 0 Å². The average molecular weight is 708 g/mol. The van der Waals surface area contributed by atoms with E-state index in [-0.39, 0.29) is 52.1 Å². The SMILES string of the molecule is Cc1ccc(S(=O)(=O)N(C)C[C@H]2OCCCC[C@@H](C)Oc3ccc(NS(=O)(=O)c4cccs4)cc3C(=O)N([C@H](C)CO)C[C@H]2C)cc1. The van der Waals surface area contributed by atoms with Crippen LogP contribution in [0.25, 0.3) is 0 Å². The van der Waals surface area contributed by atoms with E-state index in [9.17, 15) is 26.7 Å². The first-order valence-corrected chi connectivity index (χ1v) is 19.5. The number of carbonyl (C=O) groups excluding carboxylic acids is 1. The monoisotopic (exact) mass is 707 g/mol. The van der Waals surface area contributed by atoms with Crippen LogP contribution in [0.5, 0.6) is 5.75 Å². The molecule has 2 N–H and O–H groups in total. The smallest absolute Gasteiger partial charge is 0.271 e. The van der Waals surface area contributed by atoms with Gasteiger partial charge in [0.25, 0.3) is 15.9 Å². The lowest BCUT2D eigenvalue weighted by Gasteiger charge is -2.35. The Hall–Kier alpha value is -3.01. The minimum absolute atomic E-state index is 0.0532. The van der Waals surface area contributed by atoms with Crippen molar-refractivity contribution in [2.75, 3.05) is 38.1 Å². The van der Waals surface area contributed by atoms with Gasteiger partial charge in [-0.15, -0.1) is 11.3 Å². The number of benzene rings is 2. The van der Waals surface area contributed by atoms with E-state index in [2.05, 4.69) is 4.72 Å². The molecule has 2 aromatic carbocycles. The maximum absolute atomic E-state index is 14.3. The highest BCUT2D eigenvalue weighted by molar-refractivity contribution is 7.94. The zero-order valence-electron chi connectivity index (χ0n) is 27.5. The molecule has 0 unspecified atom stereocenters. The molecule has 0 aliphatic carbocycles. The van der Waals surface area contributed by atoms with Gasteiger partial charge in [-0.3, -0.25) is 9.52 Å². The summed E-state index contributed by atoms with van der Waals surface area (Å²) >= 11 is 1.08. The van der Waals surface area contributed by atoms with Crippen molar-refractivity contribution in [1.29, 1.82) is 0 Å². The topological polar surface area (TPSA) is 143 Å².